The summed E-state index contributed by atoms with van der Waals surface area (Å²) in [6.45, 7) is 0. The summed E-state index contributed by atoms with van der Waals surface area (Å²) in [7, 11) is -2.76. The van der Waals surface area contributed by atoms with Crippen LogP contribution in [0.5, 0.6) is 5.75 Å². The molecule has 0 aromatic heterocycles. The van der Waals surface area contributed by atoms with E-state index < -0.39 is 20.7 Å². The van der Waals surface area contributed by atoms with Crippen molar-refractivity contribution in [2.75, 3.05) is 17.6 Å². The van der Waals surface area contributed by atoms with E-state index in [1.807, 2.05) is 0 Å². The van der Waals surface area contributed by atoms with Crippen molar-refractivity contribution >= 4 is 33.0 Å². The first-order valence-corrected chi connectivity index (χ1v) is 7.61. The SMILES string of the molecule is COc1cc(NS(=O)(=O)c2c(N)cccc2F)ccc1Cl. The van der Waals surface area contributed by atoms with Gasteiger partial charge in [0.15, 0.2) is 0 Å². The zero-order valence-corrected chi connectivity index (χ0v) is 12.5. The molecule has 0 saturated heterocycles. The van der Waals surface area contributed by atoms with Gasteiger partial charge >= 0.3 is 0 Å². The molecule has 2 rings (SSSR count). The molecule has 0 aliphatic heterocycles. The number of hydrogen-bond acceptors (Lipinski definition) is 4. The standard InChI is InChI=1S/C13H12ClFN2O3S/c1-20-12-7-8(5-6-9(12)14)17-21(18,19)13-10(15)3-2-4-11(13)16/h2-7,17H,16H2,1H3. The van der Waals surface area contributed by atoms with Gasteiger partial charge in [-0.05, 0) is 24.3 Å². The lowest BCUT2D eigenvalue weighted by atomic mass is 10.3. The van der Waals surface area contributed by atoms with E-state index in [2.05, 4.69) is 4.72 Å². The van der Waals surface area contributed by atoms with Crippen LogP contribution in [0.1, 0.15) is 0 Å². The van der Waals surface area contributed by atoms with Gasteiger partial charge in [-0.25, -0.2) is 12.8 Å². The van der Waals surface area contributed by atoms with E-state index in [1.165, 1.54) is 37.4 Å². The normalized spacial score (nSPS) is 11.2. The second kappa shape index (κ2) is 5.79. The summed E-state index contributed by atoms with van der Waals surface area (Å²) in [5.41, 5.74) is 5.54. The van der Waals surface area contributed by atoms with Crippen LogP contribution in [0, 0.1) is 5.82 Å². The van der Waals surface area contributed by atoms with Crippen molar-refractivity contribution in [1.29, 1.82) is 0 Å². The van der Waals surface area contributed by atoms with E-state index in [1.54, 1.807) is 0 Å². The minimum Gasteiger partial charge on any atom is -0.495 e. The van der Waals surface area contributed by atoms with Crippen molar-refractivity contribution in [3.05, 3.63) is 47.2 Å². The van der Waals surface area contributed by atoms with Crippen molar-refractivity contribution in [2.24, 2.45) is 0 Å². The average molecular weight is 331 g/mol. The summed E-state index contributed by atoms with van der Waals surface area (Å²) < 4.78 is 45.4. The maximum Gasteiger partial charge on any atom is 0.266 e. The van der Waals surface area contributed by atoms with Crippen LogP contribution in [-0.4, -0.2) is 15.5 Å². The van der Waals surface area contributed by atoms with E-state index in [4.69, 9.17) is 22.1 Å². The number of anilines is 2. The van der Waals surface area contributed by atoms with Crippen LogP contribution in [-0.2, 0) is 10.0 Å². The summed E-state index contributed by atoms with van der Waals surface area (Å²) in [5, 5.41) is 0.325. The van der Waals surface area contributed by atoms with E-state index in [0.29, 0.717) is 10.8 Å². The predicted octanol–water partition coefficient (Wildman–Crippen LogP) is 2.87. The molecule has 0 heterocycles. The van der Waals surface area contributed by atoms with Crippen LogP contribution < -0.4 is 15.2 Å². The van der Waals surface area contributed by atoms with Crippen LogP contribution >= 0.6 is 11.6 Å². The fourth-order valence-electron chi connectivity index (χ4n) is 1.74. The molecule has 3 N–H and O–H groups in total. The first-order valence-electron chi connectivity index (χ1n) is 5.75. The number of nitrogens with one attached hydrogen (secondary N) is 1. The van der Waals surface area contributed by atoms with E-state index in [-0.39, 0.29) is 11.4 Å². The number of nitrogens with two attached hydrogens (primary N) is 1. The molecule has 5 nitrogen and oxygen atoms in total. The van der Waals surface area contributed by atoms with Crippen LogP contribution in [0.15, 0.2) is 41.3 Å². The number of sulfonamides is 1. The molecule has 112 valence electrons. The zero-order chi connectivity index (χ0) is 15.6. The molecule has 0 aliphatic carbocycles. The third kappa shape index (κ3) is 3.20. The van der Waals surface area contributed by atoms with Gasteiger partial charge in [-0.1, -0.05) is 17.7 Å². The first-order chi connectivity index (χ1) is 9.85. The number of nitrogen functional groups attached to an aromatic ring is 1. The van der Waals surface area contributed by atoms with Crippen molar-refractivity contribution in [3.8, 4) is 5.75 Å². The van der Waals surface area contributed by atoms with Crippen LogP contribution in [0.3, 0.4) is 0 Å². The maximum atomic E-state index is 13.7. The Hall–Kier alpha value is -1.99. The van der Waals surface area contributed by atoms with E-state index in [9.17, 15) is 12.8 Å². The number of rotatable bonds is 4. The Bertz CT molecular complexity index is 761. The van der Waals surface area contributed by atoms with Gasteiger partial charge in [0.25, 0.3) is 10.0 Å². The molecule has 0 bridgehead atoms. The van der Waals surface area contributed by atoms with Gasteiger partial charge in [-0.3, -0.25) is 4.72 Å². The van der Waals surface area contributed by atoms with Gasteiger partial charge in [-0.15, -0.1) is 0 Å². The number of hydrogen-bond donors (Lipinski definition) is 2. The van der Waals surface area contributed by atoms with Gasteiger partial charge in [0.2, 0.25) is 0 Å². The largest absolute Gasteiger partial charge is 0.495 e. The minimum atomic E-state index is -4.16. The molecule has 0 amide bonds. The third-order valence-electron chi connectivity index (χ3n) is 2.67. The van der Waals surface area contributed by atoms with Crippen molar-refractivity contribution in [2.45, 2.75) is 4.90 Å². The number of ether oxygens (including phenoxy) is 1. The van der Waals surface area contributed by atoms with E-state index >= 15 is 0 Å². The average Bonchev–Trinajstić information content (AvgIpc) is 2.40. The monoisotopic (exact) mass is 330 g/mol. The Labute approximate surface area is 126 Å². The smallest absolute Gasteiger partial charge is 0.266 e. The Morgan fingerprint density at radius 1 is 1.29 bits per heavy atom. The molecule has 0 fully saturated rings. The van der Waals surface area contributed by atoms with Crippen LogP contribution in [0.4, 0.5) is 15.8 Å². The molecular weight excluding hydrogens is 319 g/mol. The van der Waals surface area contributed by atoms with Crippen molar-refractivity contribution < 1.29 is 17.5 Å². The molecule has 2 aromatic carbocycles. The fraction of sp³-hybridized carbons (Fsp3) is 0.0769. The van der Waals surface area contributed by atoms with Crippen molar-refractivity contribution in [3.63, 3.8) is 0 Å². The second-order valence-corrected chi connectivity index (χ2v) is 6.14. The minimum absolute atomic E-state index is 0.177. The van der Waals surface area contributed by atoms with Crippen LogP contribution in [0.2, 0.25) is 5.02 Å². The number of halogens is 2. The Morgan fingerprint density at radius 3 is 2.62 bits per heavy atom. The summed E-state index contributed by atoms with van der Waals surface area (Å²) in [4.78, 5) is -0.598. The highest BCUT2D eigenvalue weighted by Gasteiger charge is 2.22. The van der Waals surface area contributed by atoms with Gasteiger partial charge in [0.05, 0.1) is 23.5 Å². The summed E-state index contributed by atoms with van der Waals surface area (Å²) in [5.74, 6) is -0.637. The Kier molecular flexibility index (Phi) is 4.24. The molecule has 0 unspecified atom stereocenters. The third-order valence-corrected chi connectivity index (χ3v) is 4.45. The molecule has 0 saturated carbocycles. The van der Waals surface area contributed by atoms with Gasteiger partial charge in [0, 0.05) is 6.07 Å². The van der Waals surface area contributed by atoms with E-state index in [0.717, 1.165) is 6.07 Å². The quantitative estimate of drug-likeness (QED) is 0.845. The molecule has 0 radical (unpaired) electrons. The molecule has 21 heavy (non-hydrogen) atoms. The molecule has 0 aliphatic rings. The zero-order valence-electron chi connectivity index (χ0n) is 10.9. The lowest BCUT2D eigenvalue weighted by Crippen LogP contribution is -2.16. The highest BCUT2D eigenvalue weighted by Crippen LogP contribution is 2.30. The van der Waals surface area contributed by atoms with Gasteiger partial charge in [-0.2, -0.15) is 0 Å². The molecule has 8 heteroatoms. The number of methoxy groups -OCH3 is 1. The molecular formula is C13H12ClFN2O3S. The Morgan fingerprint density at radius 2 is 2.00 bits per heavy atom. The number of benzene rings is 2. The second-order valence-electron chi connectivity index (χ2n) is 4.11. The highest BCUT2D eigenvalue weighted by molar-refractivity contribution is 7.92. The molecule has 0 spiro atoms. The summed E-state index contributed by atoms with van der Waals surface area (Å²) >= 11 is 5.85. The molecule has 0 atom stereocenters. The first kappa shape index (κ1) is 15.4. The lowest BCUT2D eigenvalue weighted by Gasteiger charge is -2.12. The van der Waals surface area contributed by atoms with Crippen molar-refractivity contribution in [1.82, 2.24) is 0 Å². The Balaban J connectivity index is 2.43. The lowest BCUT2D eigenvalue weighted by molar-refractivity contribution is 0.415. The van der Waals surface area contributed by atoms with Gasteiger partial charge < -0.3 is 10.5 Å². The maximum absolute atomic E-state index is 13.7. The highest BCUT2D eigenvalue weighted by atomic mass is 35.5. The van der Waals surface area contributed by atoms with Crippen LogP contribution in [0.25, 0.3) is 0 Å². The fourth-order valence-corrected chi connectivity index (χ4v) is 3.18. The topological polar surface area (TPSA) is 81.4 Å². The predicted molar refractivity (Wildman–Crippen MR) is 79.6 cm³/mol. The summed E-state index contributed by atoms with van der Waals surface area (Å²) in [6, 6.07) is 7.93. The summed E-state index contributed by atoms with van der Waals surface area (Å²) in [6.07, 6.45) is 0. The van der Waals surface area contributed by atoms with Gasteiger partial charge in [0.1, 0.15) is 16.5 Å². The molecule has 2 aromatic rings.